The van der Waals surface area contributed by atoms with Crippen molar-refractivity contribution >= 4 is 37.9 Å². The Morgan fingerprint density at radius 1 is 1.40 bits per heavy atom. The summed E-state index contributed by atoms with van der Waals surface area (Å²) in [4.78, 5) is 16.9. The fourth-order valence-electron chi connectivity index (χ4n) is 2.71. The van der Waals surface area contributed by atoms with Gasteiger partial charge in [0.2, 0.25) is 0 Å². The number of rotatable bonds is 1. The van der Waals surface area contributed by atoms with Gasteiger partial charge in [-0.3, -0.25) is 14.1 Å². The van der Waals surface area contributed by atoms with Crippen LogP contribution in [0.3, 0.4) is 0 Å². The average molecular weight is 334 g/mol. The Kier molecular flexibility index (Phi) is 2.52. The van der Waals surface area contributed by atoms with Crippen molar-refractivity contribution in [1.82, 2.24) is 14.1 Å². The Hall–Kier alpha value is -1.66. The molecule has 0 amide bonds. The second kappa shape index (κ2) is 4.17. The van der Waals surface area contributed by atoms with Crippen molar-refractivity contribution in [1.29, 1.82) is 0 Å². The third-order valence-corrected chi connectivity index (χ3v) is 4.36. The quantitative estimate of drug-likeness (QED) is 0.686. The molecule has 0 atom stereocenters. The highest BCUT2D eigenvalue weighted by atomic mass is 79.9. The van der Waals surface area contributed by atoms with Crippen molar-refractivity contribution in [3.63, 3.8) is 0 Å². The Morgan fingerprint density at radius 2 is 2.20 bits per heavy atom. The van der Waals surface area contributed by atoms with Gasteiger partial charge in [-0.1, -0.05) is 15.9 Å². The molecule has 1 fully saturated rings. The molecule has 1 aliphatic rings. The molecule has 5 nitrogen and oxygen atoms in total. The fourth-order valence-corrected chi connectivity index (χ4v) is 3.07. The molecule has 6 heteroatoms. The maximum Gasteiger partial charge on any atom is 0.329 e. The Bertz CT molecular complexity index is 893. The lowest BCUT2D eigenvalue weighted by Crippen LogP contribution is -2.37. The van der Waals surface area contributed by atoms with Crippen LogP contribution in [0, 0.1) is 0 Å². The van der Waals surface area contributed by atoms with Crippen LogP contribution in [0.25, 0.3) is 21.9 Å². The van der Waals surface area contributed by atoms with Crippen LogP contribution in [0.15, 0.2) is 33.7 Å². The van der Waals surface area contributed by atoms with Gasteiger partial charge in [-0.05, 0) is 18.2 Å². The molecule has 3 aromatic rings. The van der Waals surface area contributed by atoms with Crippen molar-refractivity contribution < 1.29 is 4.74 Å². The van der Waals surface area contributed by atoms with E-state index in [-0.39, 0.29) is 11.7 Å². The van der Waals surface area contributed by atoms with E-state index in [0.29, 0.717) is 13.2 Å². The number of fused-ring (bicyclic) bond motifs is 3. The second-order valence-corrected chi connectivity index (χ2v) is 5.97. The van der Waals surface area contributed by atoms with Crippen LogP contribution in [0.4, 0.5) is 0 Å². The molecule has 0 spiro atoms. The smallest absolute Gasteiger partial charge is 0.329 e. The van der Waals surface area contributed by atoms with Gasteiger partial charge in [-0.25, -0.2) is 4.79 Å². The predicted molar refractivity (Wildman–Crippen MR) is 80.0 cm³/mol. The number of ether oxygens (including phenoxy) is 1. The monoisotopic (exact) mass is 333 g/mol. The zero-order valence-corrected chi connectivity index (χ0v) is 12.4. The topological polar surface area (TPSA) is 49.0 Å². The van der Waals surface area contributed by atoms with Crippen molar-refractivity contribution in [2.45, 2.75) is 6.04 Å². The Balaban J connectivity index is 2.22. The summed E-state index contributed by atoms with van der Waals surface area (Å²) in [5.74, 6) is 0. The van der Waals surface area contributed by atoms with Crippen LogP contribution in [-0.4, -0.2) is 27.3 Å². The highest BCUT2D eigenvalue weighted by Crippen LogP contribution is 2.29. The van der Waals surface area contributed by atoms with Gasteiger partial charge in [0, 0.05) is 16.9 Å². The van der Waals surface area contributed by atoms with Gasteiger partial charge in [0.1, 0.15) is 0 Å². The fraction of sp³-hybridized carbons (Fsp3) is 0.286. The Morgan fingerprint density at radius 3 is 2.90 bits per heavy atom. The van der Waals surface area contributed by atoms with Gasteiger partial charge in [-0.15, -0.1) is 0 Å². The summed E-state index contributed by atoms with van der Waals surface area (Å²) < 4.78 is 9.72. The molecule has 0 unspecified atom stereocenters. The number of aryl methyl sites for hydroxylation is 1. The first kappa shape index (κ1) is 12.1. The van der Waals surface area contributed by atoms with Crippen LogP contribution in [-0.2, 0) is 11.8 Å². The van der Waals surface area contributed by atoms with E-state index in [1.54, 1.807) is 17.8 Å². The largest absolute Gasteiger partial charge is 0.377 e. The minimum atomic E-state index is -0.0115. The minimum absolute atomic E-state index is 0.0115. The number of aromatic nitrogens is 3. The molecule has 1 saturated heterocycles. The third kappa shape index (κ3) is 1.52. The molecular weight excluding hydrogens is 322 g/mol. The number of pyridine rings is 1. The van der Waals surface area contributed by atoms with Gasteiger partial charge >= 0.3 is 5.69 Å². The molecule has 2 aromatic heterocycles. The lowest BCUT2D eigenvalue weighted by atomic mass is 10.1. The molecule has 0 saturated carbocycles. The maximum absolute atomic E-state index is 12.5. The number of hydrogen-bond donors (Lipinski definition) is 0. The van der Waals surface area contributed by atoms with Crippen LogP contribution in [0.1, 0.15) is 6.04 Å². The average Bonchev–Trinajstić information content (AvgIpc) is 2.63. The van der Waals surface area contributed by atoms with Gasteiger partial charge in [0.15, 0.2) is 0 Å². The van der Waals surface area contributed by atoms with E-state index in [2.05, 4.69) is 20.9 Å². The van der Waals surface area contributed by atoms with Crippen molar-refractivity contribution in [2.75, 3.05) is 13.2 Å². The maximum atomic E-state index is 12.5. The van der Waals surface area contributed by atoms with Crippen LogP contribution in [0.5, 0.6) is 0 Å². The molecule has 0 N–H and O–H groups in total. The van der Waals surface area contributed by atoms with Gasteiger partial charge < -0.3 is 4.74 Å². The second-order valence-electron chi connectivity index (χ2n) is 5.06. The van der Waals surface area contributed by atoms with Gasteiger partial charge in [0.25, 0.3) is 0 Å². The standard InChI is InChI=1S/C14H12BrN3O2/c1-17-12-5-16-11-3-2-8(15)4-10(11)13(12)18(14(17)19)9-6-20-7-9/h2-5,9H,6-7H2,1H3. The van der Waals surface area contributed by atoms with E-state index in [1.807, 2.05) is 22.8 Å². The van der Waals surface area contributed by atoms with Gasteiger partial charge in [-0.2, -0.15) is 0 Å². The molecule has 0 radical (unpaired) electrons. The summed E-state index contributed by atoms with van der Waals surface area (Å²) in [5.41, 5.74) is 2.67. The third-order valence-electron chi connectivity index (χ3n) is 3.86. The number of imidazole rings is 1. The lowest BCUT2D eigenvalue weighted by Gasteiger charge is -2.27. The highest BCUT2D eigenvalue weighted by Gasteiger charge is 2.26. The molecule has 20 heavy (non-hydrogen) atoms. The summed E-state index contributed by atoms with van der Waals surface area (Å²) in [6.45, 7) is 1.19. The molecule has 4 rings (SSSR count). The Labute approximate surface area is 122 Å². The minimum Gasteiger partial charge on any atom is -0.377 e. The van der Waals surface area contributed by atoms with Crippen LogP contribution >= 0.6 is 15.9 Å². The van der Waals surface area contributed by atoms with Crippen LogP contribution in [0.2, 0.25) is 0 Å². The molecular formula is C14H12BrN3O2. The molecule has 1 aromatic carbocycles. The van der Waals surface area contributed by atoms with E-state index in [0.717, 1.165) is 26.4 Å². The summed E-state index contributed by atoms with van der Waals surface area (Å²) in [5, 5.41) is 0.987. The zero-order chi connectivity index (χ0) is 13.9. The summed E-state index contributed by atoms with van der Waals surface area (Å²) in [7, 11) is 1.78. The number of hydrogen-bond acceptors (Lipinski definition) is 3. The number of benzene rings is 1. The van der Waals surface area contributed by atoms with E-state index in [1.165, 1.54) is 0 Å². The highest BCUT2D eigenvalue weighted by molar-refractivity contribution is 9.10. The lowest BCUT2D eigenvalue weighted by molar-refractivity contribution is -0.0230. The molecule has 102 valence electrons. The predicted octanol–water partition coefficient (Wildman–Crippen LogP) is 2.22. The molecule has 3 heterocycles. The van der Waals surface area contributed by atoms with E-state index < -0.39 is 0 Å². The molecule has 1 aliphatic heterocycles. The molecule has 0 bridgehead atoms. The summed E-state index contributed by atoms with van der Waals surface area (Å²) >= 11 is 3.49. The first-order valence-corrected chi connectivity index (χ1v) is 7.19. The van der Waals surface area contributed by atoms with Crippen molar-refractivity contribution in [3.8, 4) is 0 Å². The summed E-state index contributed by atoms with van der Waals surface area (Å²) in [6.07, 6.45) is 1.77. The van der Waals surface area contributed by atoms with Crippen molar-refractivity contribution in [2.24, 2.45) is 7.05 Å². The summed E-state index contributed by atoms with van der Waals surface area (Å²) in [6, 6.07) is 6.05. The first-order chi connectivity index (χ1) is 9.66. The zero-order valence-electron chi connectivity index (χ0n) is 10.8. The SMILES string of the molecule is Cn1c(=O)n(C2COC2)c2c3cc(Br)ccc3ncc21. The van der Waals surface area contributed by atoms with E-state index in [4.69, 9.17) is 4.74 Å². The van der Waals surface area contributed by atoms with E-state index in [9.17, 15) is 4.79 Å². The van der Waals surface area contributed by atoms with Gasteiger partial charge in [0.05, 0.1) is 42.0 Å². The van der Waals surface area contributed by atoms with Crippen molar-refractivity contribution in [3.05, 3.63) is 39.4 Å². The van der Waals surface area contributed by atoms with Crippen LogP contribution < -0.4 is 5.69 Å². The molecule has 0 aliphatic carbocycles. The first-order valence-electron chi connectivity index (χ1n) is 6.40. The number of nitrogens with zero attached hydrogens (tertiary/aromatic N) is 3. The van der Waals surface area contributed by atoms with E-state index >= 15 is 0 Å². The number of halogens is 1. The normalized spacial score (nSPS) is 15.9.